The highest BCUT2D eigenvalue weighted by atomic mass is 35.5. The van der Waals surface area contributed by atoms with Gasteiger partial charge in [-0.2, -0.15) is 0 Å². The first-order valence-corrected chi connectivity index (χ1v) is 7.21. The van der Waals surface area contributed by atoms with Gasteiger partial charge >= 0.3 is 0 Å². The average molecular weight is 322 g/mol. The molecule has 2 aromatic carbocycles. The Labute approximate surface area is 134 Å². The molecule has 0 aliphatic heterocycles. The third-order valence-corrected chi connectivity index (χ3v) is 3.51. The van der Waals surface area contributed by atoms with Gasteiger partial charge in [0.1, 0.15) is 11.6 Å². The molecule has 0 aliphatic rings. The molecule has 0 unspecified atom stereocenters. The minimum atomic E-state index is -0.323. The van der Waals surface area contributed by atoms with Crippen LogP contribution in [0.3, 0.4) is 0 Å². The largest absolute Gasteiger partial charge is 0.483 e. The van der Waals surface area contributed by atoms with Gasteiger partial charge in [-0.1, -0.05) is 29.8 Å². The molecule has 1 amide bonds. The topological polar surface area (TPSA) is 29.5 Å². The van der Waals surface area contributed by atoms with Gasteiger partial charge in [-0.25, -0.2) is 4.39 Å². The molecule has 0 aromatic heterocycles. The summed E-state index contributed by atoms with van der Waals surface area (Å²) in [6, 6.07) is 11.6. The van der Waals surface area contributed by atoms with E-state index in [0.717, 1.165) is 5.56 Å². The van der Waals surface area contributed by atoms with E-state index in [4.69, 9.17) is 16.3 Å². The van der Waals surface area contributed by atoms with E-state index in [0.29, 0.717) is 16.3 Å². The lowest BCUT2D eigenvalue weighted by Gasteiger charge is -2.18. The fourth-order valence-corrected chi connectivity index (χ4v) is 2.22. The van der Waals surface area contributed by atoms with Crippen LogP contribution in [0.1, 0.15) is 11.1 Å². The Kier molecular flexibility index (Phi) is 5.39. The zero-order valence-electron chi connectivity index (χ0n) is 12.5. The predicted molar refractivity (Wildman–Crippen MR) is 84.6 cm³/mol. The molecular weight excluding hydrogens is 305 g/mol. The van der Waals surface area contributed by atoms with Crippen LogP contribution >= 0.6 is 11.6 Å². The number of amides is 1. The molecule has 2 rings (SSSR count). The van der Waals surface area contributed by atoms with Crippen molar-refractivity contribution in [2.75, 3.05) is 13.7 Å². The number of rotatable bonds is 5. The Balaban J connectivity index is 1.93. The van der Waals surface area contributed by atoms with Crippen molar-refractivity contribution < 1.29 is 13.9 Å². The SMILES string of the molecule is Cc1cc(Cl)ccc1OCC(=O)N(C)Cc1ccccc1F. The lowest BCUT2D eigenvalue weighted by molar-refractivity contribution is -0.132. The van der Waals surface area contributed by atoms with E-state index in [2.05, 4.69) is 0 Å². The summed E-state index contributed by atoms with van der Waals surface area (Å²) in [5, 5.41) is 0.618. The highest BCUT2D eigenvalue weighted by Crippen LogP contribution is 2.21. The number of ether oxygens (including phenoxy) is 1. The van der Waals surface area contributed by atoms with Gasteiger partial charge in [-0.3, -0.25) is 4.79 Å². The van der Waals surface area contributed by atoms with Gasteiger partial charge in [0.15, 0.2) is 6.61 Å². The standard InChI is InChI=1S/C17H17ClFNO2/c1-12-9-14(18)7-8-16(12)22-11-17(21)20(2)10-13-5-3-4-6-15(13)19/h3-9H,10-11H2,1-2H3. The number of nitrogens with zero attached hydrogens (tertiary/aromatic N) is 1. The normalized spacial score (nSPS) is 10.4. The van der Waals surface area contributed by atoms with E-state index < -0.39 is 0 Å². The molecule has 5 heteroatoms. The molecular formula is C17H17ClFNO2. The minimum Gasteiger partial charge on any atom is -0.483 e. The fourth-order valence-electron chi connectivity index (χ4n) is 1.99. The van der Waals surface area contributed by atoms with E-state index in [1.54, 1.807) is 43.4 Å². The van der Waals surface area contributed by atoms with Gasteiger partial charge < -0.3 is 9.64 Å². The maximum absolute atomic E-state index is 13.6. The van der Waals surface area contributed by atoms with E-state index in [1.807, 2.05) is 6.92 Å². The zero-order chi connectivity index (χ0) is 16.1. The van der Waals surface area contributed by atoms with E-state index >= 15 is 0 Å². The van der Waals surface area contributed by atoms with Crippen LogP contribution in [0, 0.1) is 12.7 Å². The number of hydrogen-bond donors (Lipinski definition) is 0. The third-order valence-electron chi connectivity index (χ3n) is 3.28. The molecule has 0 atom stereocenters. The second-order valence-electron chi connectivity index (χ2n) is 5.04. The molecule has 0 fully saturated rings. The van der Waals surface area contributed by atoms with Crippen LogP contribution in [0.4, 0.5) is 4.39 Å². The molecule has 0 saturated carbocycles. The lowest BCUT2D eigenvalue weighted by Crippen LogP contribution is -2.31. The number of likely N-dealkylation sites (N-methyl/N-ethyl adjacent to an activating group) is 1. The van der Waals surface area contributed by atoms with Crippen molar-refractivity contribution in [1.29, 1.82) is 0 Å². The van der Waals surface area contributed by atoms with Gasteiger partial charge in [-0.05, 0) is 36.8 Å². The van der Waals surface area contributed by atoms with Crippen LogP contribution in [0.5, 0.6) is 5.75 Å². The summed E-state index contributed by atoms with van der Waals surface area (Å²) in [5.41, 5.74) is 1.33. The molecule has 2 aromatic rings. The maximum atomic E-state index is 13.6. The zero-order valence-corrected chi connectivity index (χ0v) is 13.2. The summed E-state index contributed by atoms with van der Waals surface area (Å²) in [7, 11) is 1.62. The smallest absolute Gasteiger partial charge is 0.260 e. The molecule has 0 radical (unpaired) electrons. The Morgan fingerprint density at radius 1 is 1.27 bits per heavy atom. The quantitative estimate of drug-likeness (QED) is 0.837. The summed E-state index contributed by atoms with van der Waals surface area (Å²) >= 11 is 5.87. The van der Waals surface area contributed by atoms with Gasteiger partial charge in [0.25, 0.3) is 5.91 Å². The predicted octanol–water partition coefficient (Wildman–Crippen LogP) is 3.82. The van der Waals surface area contributed by atoms with Gasteiger partial charge in [0, 0.05) is 24.2 Å². The first-order chi connectivity index (χ1) is 10.5. The maximum Gasteiger partial charge on any atom is 0.260 e. The highest BCUT2D eigenvalue weighted by Gasteiger charge is 2.13. The summed E-state index contributed by atoms with van der Waals surface area (Å²) < 4.78 is 19.1. The summed E-state index contributed by atoms with van der Waals surface area (Å²) in [4.78, 5) is 13.5. The molecule has 0 saturated heterocycles. The third kappa shape index (κ3) is 4.21. The molecule has 0 heterocycles. The van der Waals surface area contributed by atoms with Crippen molar-refractivity contribution in [2.24, 2.45) is 0 Å². The molecule has 22 heavy (non-hydrogen) atoms. The van der Waals surface area contributed by atoms with Crippen molar-refractivity contribution in [3.8, 4) is 5.75 Å². The highest BCUT2D eigenvalue weighted by molar-refractivity contribution is 6.30. The van der Waals surface area contributed by atoms with Gasteiger partial charge in [0.2, 0.25) is 0 Å². The van der Waals surface area contributed by atoms with E-state index in [9.17, 15) is 9.18 Å². The number of hydrogen-bond acceptors (Lipinski definition) is 2. The molecule has 0 spiro atoms. The van der Waals surface area contributed by atoms with Crippen molar-refractivity contribution in [1.82, 2.24) is 4.90 Å². The number of aryl methyl sites for hydroxylation is 1. The monoisotopic (exact) mass is 321 g/mol. The van der Waals surface area contributed by atoms with Crippen molar-refractivity contribution >= 4 is 17.5 Å². The first-order valence-electron chi connectivity index (χ1n) is 6.83. The molecule has 0 aliphatic carbocycles. The van der Waals surface area contributed by atoms with Crippen molar-refractivity contribution in [2.45, 2.75) is 13.5 Å². The van der Waals surface area contributed by atoms with Crippen molar-refractivity contribution in [3.05, 3.63) is 64.4 Å². The Morgan fingerprint density at radius 2 is 2.00 bits per heavy atom. The van der Waals surface area contributed by atoms with Crippen molar-refractivity contribution in [3.63, 3.8) is 0 Å². The molecule has 0 bridgehead atoms. The van der Waals surface area contributed by atoms with Gasteiger partial charge in [-0.15, -0.1) is 0 Å². The molecule has 0 N–H and O–H groups in total. The summed E-state index contributed by atoms with van der Waals surface area (Å²) in [6.07, 6.45) is 0. The number of carbonyl (C=O) groups is 1. The second-order valence-corrected chi connectivity index (χ2v) is 5.48. The van der Waals surface area contributed by atoms with Crippen LogP contribution in [-0.2, 0) is 11.3 Å². The summed E-state index contributed by atoms with van der Waals surface area (Å²) in [5.74, 6) is 0.0614. The number of carbonyl (C=O) groups excluding carboxylic acids is 1. The van der Waals surface area contributed by atoms with Crippen LogP contribution < -0.4 is 4.74 Å². The first kappa shape index (κ1) is 16.3. The number of halogens is 2. The average Bonchev–Trinajstić information content (AvgIpc) is 2.48. The van der Waals surface area contributed by atoms with Crippen LogP contribution in [0.15, 0.2) is 42.5 Å². The van der Waals surface area contributed by atoms with E-state index in [-0.39, 0.29) is 24.9 Å². The summed E-state index contributed by atoms with van der Waals surface area (Å²) in [6.45, 7) is 1.96. The second kappa shape index (κ2) is 7.27. The Hall–Kier alpha value is -2.07. The Bertz CT molecular complexity index is 675. The van der Waals surface area contributed by atoms with E-state index in [1.165, 1.54) is 11.0 Å². The number of benzene rings is 2. The van der Waals surface area contributed by atoms with Crippen LogP contribution in [0.25, 0.3) is 0 Å². The fraction of sp³-hybridized carbons (Fsp3) is 0.235. The Morgan fingerprint density at radius 3 is 2.68 bits per heavy atom. The van der Waals surface area contributed by atoms with Crippen LogP contribution in [0.2, 0.25) is 5.02 Å². The molecule has 116 valence electrons. The minimum absolute atomic E-state index is 0.104. The molecule has 3 nitrogen and oxygen atoms in total. The van der Waals surface area contributed by atoms with Gasteiger partial charge in [0.05, 0.1) is 0 Å². The lowest BCUT2D eigenvalue weighted by atomic mass is 10.2. The van der Waals surface area contributed by atoms with Crippen LogP contribution in [-0.4, -0.2) is 24.5 Å².